The number of nitrogens with one attached hydrogen (secondary N) is 6. The number of nitrogens with zero attached hydrogens (tertiary/aromatic N) is 4. The number of fused-ring (bicyclic) bond motifs is 5. The fourth-order valence-corrected chi connectivity index (χ4v) is 12.5. The number of esters is 1. The minimum Gasteiger partial charge on any atom is -0.458 e. The second-order valence-corrected chi connectivity index (χ2v) is 26.4. The van der Waals surface area contributed by atoms with Gasteiger partial charge in [-0.2, -0.15) is 0 Å². The van der Waals surface area contributed by atoms with Crippen LogP contribution in [-0.2, 0) is 120 Å². The molecule has 5 aliphatic rings. The quantitative estimate of drug-likeness (QED) is 0.0166. The van der Waals surface area contributed by atoms with E-state index < -0.39 is 100 Å². The molecule has 0 saturated carbocycles. The Morgan fingerprint density at radius 3 is 1.88 bits per heavy atom. The maximum atomic E-state index is 15.6. The Kier molecular flexibility index (Phi) is 29.9. The predicted molar refractivity (Wildman–Crippen MR) is 377 cm³/mol. The van der Waals surface area contributed by atoms with Crippen LogP contribution in [0.15, 0.2) is 53.3 Å². The first kappa shape index (κ1) is 81.8. The molecule has 34 heteroatoms. The Balaban J connectivity index is 0.625. The van der Waals surface area contributed by atoms with E-state index >= 15 is 4.39 Å². The number of aryl methyl sites for hydroxylation is 1. The van der Waals surface area contributed by atoms with Crippen LogP contribution in [0.25, 0.3) is 22.3 Å². The van der Waals surface area contributed by atoms with Crippen LogP contribution in [0.5, 0.6) is 0 Å². The van der Waals surface area contributed by atoms with Gasteiger partial charge in [0.2, 0.25) is 35.6 Å². The number of hydrogen-bond acceptors (Lipinski definition) is 24. The van der Waals surface area contributed by atoms with Gasteiger partial charge in [0, 0.05) is 85.0 Å². The smallest absolute Gasteiger partial charge is 0.409 e. The number of cyclic esters (lactones) is 1. The number of morpholine rings is 1. The van der Waals surface area contributed by atoms with Crippen molar-refractivity contribution in [2.75, 3.05) is 150 Å². The molecule has 4 aliphatic heterocycles. The molecule has 1 saturated heterocycles. The van der Waals surface area contributed by atoms with Crippen molar-refractivity contribution < 1.29 is 110 Å². The van der Waals surface area contributed by atoms with Crippen LogP contribution in [-0.4, -0.2) is 247 Å². The average Bonchev–Trinajstić information content (AvgIpc) is 1.58. The molecular formula is C73H95FN10O23. The van der Waals surface area contributed by atoms with Crippen molar-refractivity contribution in [1.82, 2.24) is 45.9 Å². The van der Waals surface area contributed by atoms with Crippen molar-refractivity contribution in [3.8, 4) is 11.4 Å². The predicted octanol–water partition coefficient (Wildman–Crippen LogP) is 1.64. The van der Waals surface area contributed by atoms with Crippen molar-refractivity contribution >= 4 is 75.9 Å². The van der Waals surface area contributed by atoms with Gasteiger partial charge in [-0.15, -0.1) is 0 Å². The maximum Gasteiger partial charge on any atom is 0.409 e. The first-order valence-corrected chi connectivity index (χ1v) is 35.8. The third kappa shape index (κ3) is 21.6. The molecule has 9 amide bonds. The number of alkyl carbamates (subject to hydrolysis) is 1. The number of ether oxygens (including phenoxy) is 11. The van der Waals surface area contributed by atoms with E-state index in [4.69, 9.17) is 57.1 Å². The van der Waals surface area contributed by atoms with Crippen LogP contribution < -0.4 is 37.5 Å². The van der Waals surface area contributed by atoms with E-state index in [2.05, 4.69) is 31.9 Å². The van der Waals surface area contributed by atoms with Gasteiger partial charge in [0.05, 0.1) is 154 Å². The van der Waals surface area contributed by atoms with Crippen molar-refractivity contribution in [3.63, 3.8) is 0 Å². The van der Waals surface area contributed by atoms with Crippen molar-refractivity contribution in [2.24, 2.45) is 0 Å². The maximum absolute atomic E-state index is 15.6. The average molecular weight is 1500 g/mol. The lowest BCUT2D eigenvalue weighted by atomic mass is 9.81. The molecule has 33 nitrogen and oxygen atoms in total. The third-order valence-electron chi connectivity index (χ3n) is 18.6. The standard InChI is InChI=1S/C73H95FN10O23/c1-7-73(96)52-40-56-63-50(42-84(56)67(91)51(52)43-106-70(73)94)62-54(13-12-49-44(2)53(74)41-55(79-63)61(49)62)80-69(93)72(5,6)81-71(95)107-64(68(92)82-20-24-99-25-21-82)47-8-10-48(11-9-47)78-66(90)46(4)77-65(89)45(3)76-58(86)17-22-97-26-28-100-30-32-102-34-36-104-38-39-105-37-35-103-33-31-101-29-27-98-23-18-75-57(85)16-19-83-59(87)14-15-60(83)88/h8-11,14-15,40-41,45-46,54,64,96H,7,12-13,16-39,42-43H2,1-6H3,(H,75,85)(H,76,86)(H,77,89)(H,78,90)(H,80,93)(H,81,95)/t45-,46-,54-,64?,73-/m0/s1. The largest absolute Gasteiger partial charge is 0.458 e. The van der Waals surface area contributed by atoms with Crippen LogP contribution in [0, 0.1) is 12.7 Å². The van der Waals surface area contributed by atoms with Crippen LogP contribution in [0.1, 0.15) is 111 Å². The summed E-state index contributed by atoms with van der Waals surface area (Å²) in [7, 11) is 0. The Labute approximate surface area is 616 Å². The molecule has 1 aliphatic carbocycles. The van der Waals surface area contributed by atoms with Crippen molar-refractivity contribution in [1.29, 1.82) is 0 Å². The summed E-state index contributed by atoms with van der Waals surface area (Å²) < 4.78 is 77.6. The molecule has 6 heterocycles. The fourth-order valence-electron chi connectivity index (χ4n) is 12.5. The summed E-state index contributed by atoms with van der Waals surface area (Å²) in [4.78, 5) is 151. The van der Waals surface area contributed by atoms with E-state index in [1.807, 2.05) is 0 Å². The highest BCUT2D eigenvalue weighted by atomic mass is 19.1. The lowest BCUT2D eigenvalue weighted by Crippen LogP contribution is -2.56. The zero-order valence-corrected chi connectivity index (χ0v) is 61.0. The summed E-state index contributed by atoms with van der Waals surface area (Å²) in [6, 6.07) is 5.95. The zero-order valence-electron chi connectivity index (χ0n) is 61.0. The fraction of sp³-hybridized carbons (Fsp3) is 0.562. The molecule has 107 heavy (non-hydrogen) atoms. The molecule has 0 spiro atoms. The summed E-state index contributed by atoms with van der Waals surface area (Å²) in [5, 5.41) is 28.4. The molecule has 2 aromatic carbocycles. The summed E-state index contributed by atoms with van der Waals surface area (Å²) >= 11 is 0. The molecule has 4 aromatic rings. The lowest BCUT2D eigenvalue weighted by Gasteiger charge is -2.33. The zero-order chi connectivity index (χ0) is 76.8. The first-order chi connectivity index (χ1) is 51.4. The number of aliphatic hydroxyl groups is 1. The number of imide groups is 1. The number of halogens is 1. The van der Waals surface area contributed by atoms with Gasteiger partial charge in [0.25, 0.3) is 23.3 Å². The number of benzene rings is 2. The minimum atomic E-state index is -2.09. The molecular weight excluding hydrogens is 1400 g/mol. The number of pyridine rings is 2. The van der Waals surface area contributed by atoms with E-state index in [0.29, 0.717) is 144 Å². The number of aromatic nitrogens is 2. The Bertz CT molecular complexity index is 3960. The van der Waals surface area contributed by atoms with Crippen LogP contribution in [0.2, 0.25) is 0 Å². The molecule has 2 aromatic heterocycles. The van der Waals surface area contributed by atoms with Gasteiger partial charge in [-0.25, -0.2) is 19.0 Å². The summed E-state index contributed by atoms with van der Waals surface area (Å²) in [5.41, 5.74) is -0.431. The van der Waals surface area contributed by atoms with Crippen LogP contribution in [0.4, 0.5) is 14.9 Å². The molecule has 582 valence electrons. The summed E-state index contributed by atoms with van der Waals surface area (Å²) in [5.74, 6) is -5.43. The van der Waals surface area contributed by atoms with Gasteiger partial charge < -0.3 is 98.6 Å². The summed E-state index contributed by atoms with van der Waals surface area (Å²) in [6.45, 7) is 15.2. The van der Waals surface area contributed by atoms with Gasteiger partial charge in [-0.3, -0.25) is 48.1 Å². The number of amides is 9. The van der Waals surface area contributed by atoms with Crippen molar-refractivity contribution in [2.45, 2.75) is 122 Å². The second-order valence-electron chi connectivity index (χ2n) is 26.4. The van der Waals surface area contributed by atoms with Gasteiger partial charge in [0.15, 0.2) is 5.60 Å². The van der Waals surface area contributed by atoms with Gasteiger partial charge in [-0.1, -0.05) is 19.1 Å². The summed E-state index contributed by atoms with van der Waals surface area (Å²) in [6.07, 6.45) is 0.233. The minimum absolute atomic E-state index is 0.00210. The molecule has 7 N–H and O–H groups in total. The van der Waals surface area contributed by atoms with Crippen LogP contribution >= 0.6 is 0 Å². The third-order valence-corrected chi connectivity index (χ3v) is 18.6. The SMILES string of the molecule is CC[C@@]1(O)C(=O)OCc2c1cc1n(c2=O)Cc2c-1nc1cc(F)c(C)c3c1c2[C@@H](NC(=O)C(C)(C)NC(=O)OC(C(=O)N1CCOCC1)c1ccc(NC(=O)[C@H](C)NC(=O)[C@H](C)NC(=O)CCOCCOCCOCCOCCOCCOCCOCCOCCNC(=O)CCN2C(=O)C=CC2=O)cc1)CC3. The highest BCUT2D eigenvalue weighted by Gasteiger charge is 2.47. The molecule has 1 unspecified atom stereocenters. The molecule has 0 bridgehead atoms. The molecule has 9 rings (SSSR count). The van der Waals surface area contributed by atoms with E-state index in [0.717, 1.165) is 4.90 Å². The number of anilines is 1. The van der Waals surface area contributed by atoms with Gasteiger partial charge in [-0.05, 0) is 88.8 Å². The topological polar surface area (TPSA) is 406 Å². The Hall–Kier alpha value is -9.23. The van der Waals surface area contributed by atoms with E-state index in [1.54, 1.807) is 19.9 Å². The van der Waals surface area contributed by atoms with E-state index in [-0.39, 0.29) is 119 Å². The molecule has 0 radical (unpaired) electrons. The monoisotopic (exact) mass is 1500 g/mol. The van der Waals surface area contributed by atoms with E-state index in [9.17, 15) is 57.8 Å². The number of rotatable bonds is 42. The molecule has 5 atom stereocenters. The van der Waals surface area contributed by atoms with Gasteiger partial charge >= 0.3 is 12.1 Å². The van der Waals surface area contributed by atoms with Crippen LogP contribution in [0.3, 0.4) is 0 Å². The highest BCUT2D eigenvalue weighted by molar-refractivity contribution is 6.13. The van der Waals surface area contributed by atoms with Crippen molar-refractivity contribution in [3.05, 3.63) is 104 Å². The lowest BCUT2D eigenvalue weighted by molar-refractivity contribution is -0.172. The number of carbonyl (C=O) groups excluding carboxylic acids is 10. The highest BCUT2D eigenvalue weighted by Crippen LogP contribution is 2.46. The number of hydrogen-bond donors (Lipinski definition) is 7. The Morgan fingerprint density at radius 2 is 1.29 bits per heavy atom. The second kappa shape index (κ2) is 39.0. The number of carbonyl (C=O) groups is 10. The van der Waals surface area contributed by atoms with E-state index in [1.165, 1.54) is 79.6 Å². The normalized spacial score (nSPS) is 17.3. The molecule has 1 fully saturated rings. The van der Waals surface area contributed by atoms with Gasteiger partial charge in [0.1, 0.15) is 30.0 Å². The first-order valence-electron chi connectivity index (χ1n) is 35.8. The Morgan fingerprint density at radius 1 is 0.720 bits per heavy atom.